The topological polar surface area (TPSA) is 6.48 Å². The Kier molecular flexibility index (Phi) is 8.89. The molecule has 2 heteroatoms. The molecule has 0 bridgehead atoms. The van der Waals surface area contributed by atoms with Crippen molar-refractivity contribution < 1.29 is 0 Å². The highest BCUT2D eigenvalue weighted by molar-refractivity contribution is 6.12. The normalized spacial score (nSPS) is 12.3. The number of rotatable bonds is 6. The predicted octanol–water partition coefficient (Wildman–Crippen LogP) is 16.4. The van der Waals surface area contributed by atoms with Crippen LogP contribution in [0.1, 0.15) is 74.9 Å². The quantitative estimate of drug-likeness (QED) is 0.167. The number of anilines is 6. The summed E-state index contributed by atoms with van der Waals surface area (Å²) < 4.78 is 0. The van der Waals surface area contributed by atoms with Crippen LogP contribution in [-0.4, -0.2) is 0 Å². The van der Waals surface area contributed by atoms with Gasteiger partial charge in [-0.3, -0.25) is 0 Å². The van der Waals surface area contributed by atoms with Gasteiger partial charge in [0.05, 0.1) is 0 Å². The average molecular weight is 755 g/mol. The summed E-state index contributed by atoms with van der Waals surface area (Å²) in [6, 6.07) is 55.0. The van der Waals surface area contributed by atoms with Gasteiger partial charge in [-0.1, -0.05) is 114 Å². The molecule has 9 rings (SSSR count). The minimum atomic E-state index is 0.0437. The van der Waals surface area contributed by atoms with Gasteiger partial charge < -0.3 is 9.80 Å². The second kappa shape index (κ2) is 13.8. The van der Waals surface area contributed by atoms with Gasteiger partial charge in [0.15, 0.2) is 0 Å². The summed E-state index contributed by atoms with van der Waals surface area (Å²) >= 11 is 0. The highest BCUT2D eigenvalue weighted by Crippen LogP contribution is 2.52. The van der Waals surface area contributed by atoms with Crippen molar-refractivity contribution in [2.75, 3.05) is 9.80 Å². The monoisotopic (exact) mass is 754 g/mol. The van der Waals surface area contributed by atoms with Crippen LogP contribution in [0.3, 0.4) is 0 Å². The molecule has 0 atom stereocenters. The lowest BCUT2D eigenvalue weighted by atomic mass is 9.78. The molecule has 288 valence electrons. The zero-order chi connectivity index (χ0) is 40.7. The molecule has 1 aliphatic carbocycles. The van der Waals surface area contributed by atoms with Crippen molar-refractivity contribution in [3.63, 3.8) is 0 Å². The number of hydrogen-bond acceptors (Lipinski definition) is 2. The van der Waals surface area contributed by atoms with Gasteiger partial charge in [-0.2, -0.15) is 0 Å². The summed E-state index contributed by atoms with van der Waals surface area (Å²) in [7, 11) is 0. The van der Waals surface area contributed by atoms with Gasteiger partial charge in [-0.15, -0.1) is 0 Å². The lowest BCUT2D eigenvalue weighted by molar-refractivity contribution is 0.590. The first-order chi connectivity index (χ1) is 27.7. The van der Waals surface area contributed by atoms with Crippen molar-refractivity contribution in [2.24, 2.45) is 0 Å². The molecule has 0 spiro atoms. The largest absolute Gasteiger partial charge is 0.310 e. The minimum absolute atomic E-state index is 0.0437. The number of fused-ring (bicyclic) bond motifs is 6. The first kappa shape index (κ1) is 37.5. The van der Waals surface area contributed by atoms with E-state index in [9.17, 15) is 0 Å². The van der Waals surface area contributed by atoms with E-state index in [0.717, 1.165) is 0 Å². The molecule has 1 aliphatic rings. The Morgan fingerprint density at radius 1 is 0.310 bits per heavy atom. The first-order valence-corrected chi connectivity index (χ1v) is 20.8. The van der Waals surface area contributed by atoms with E-state index in [1.54, 1.807) is 0 Å². The molecule has 0 aliphatic heterocycles. The molecule has 0 fully saturated rings. The SMILES string of the molecule is Cc1ccccc1N(c1ccc2cc3c(cc2c1)-c1cc2ccc(N(c4ccccc4C)c4cc(C(C)(C)C)ccc4C)cc2cc1-3)c1cc(C(C)(C)C)ccc1C. The van der Waals surface area contributed by atoms with Crippen molar-refractivity contribution in [2.45, 2.75) is 80.1 Å². The van der Waals surface area contributed by atoms with Crippen molar-refractivity contribution in [3.8, 4) is 22.3 Å². The fraction of sp³-hybridized carbons (Fsp3) is 0.214. The third kappa shape index (κ3) is 6.45. The van der Waals surface area contributed by atoms with Gasteiger partial charge in [0.2, 0.25) is 0 Å². The van der Waals surface area contributed by atoms with Crippen LogP contribution in [0, 0.1) is 27.7 Å². The van der Waals surface area contributed by atoms with Gasteiger partial charge >= 0.3 is 0 Å². The van der Waals surface area contributed by atoms with Crippen LogP contribution in [0.2, 0.25) is 0 Å². The summed E-state index contributed by atoms with van der Waals surface area (Å²) in [5.74, 6) is 0. The molecule has 0 N–H and O–H groups in total. The zero-order valence-corrected chi connectivity index (χ0v) is 35.8. The molecule has 0 amide bonds. The third-order valence-electron chi connectivity index (χ3n) is 12.4. The summed E-state index contributed by atoms with van der Waals surface area (Å²) in [5, 5.41) is 5.02. The highest BCUT2D eigenvalue weighted by atomic mass is 15.2. The van der Waals surface area contributed by atoms with Crippen molar-refractivity contribution >= 4 is 55.7 Å². The van der Waals surface area contributed by atoms with Gasteiger partial charge in [0.25, 0.3) is 0 Å². The van der Waals surface area contributed by atoms with Crippen LogP contribution < -0.4 is 9.80 Å². The summed E-state index contributed by atoms with van der Waals surface area (Å²) in [5.41, 5.74) is 20.3. The lowest BCUT2D eigenvalue weighted by Gasteiger charge is -2.31. The lowest BCUT2D eigenvalue weighted by Crippen LogP contribution is -2.16. The molecule has 8 aromatic carbocycles. The maximum Gasteiger partial charge on any atom is 0.0493 e. The molecule has 0 saturated heterocycles. The third-order valence-corrected chi connectivity index (χ3v) is 12.4. The summed E-state index contributed by atoms with van der Waals surface area (Å²) in [6.45, 7) is 22.6. The van der Waals surface area contributed by atoms with Crippen LogP contribution in [0.15, 0.2) is 146 Å². The Morgan fingerprint density at radius 3 is 1.02 bits per heavy atom. The number of aryl methyl sites for hydroxylation is 4. The molecule has 0 unspecified atom stereocenters. The van der Waals surface area contributed by atoms with Crippen LogP contribution in [0.4, 0.5) is 34.1 Å². The zero-order valence-electron chi connectivity index (χ0n) is 35.8. The molecule has 8 aromatic rings. The van der Waals surface area contributed by atoms with Crippen LogP contribution in [-0.2, 0) is 10.8 Å². The Labute approximate surface area is 345 Å². The van der Waals surface area contributed by atoms with E-state index in [4.69, 9.17) is 0 Å². The Balaban J connectivity index is 1.13. The molecule has 2 nitrogen and oxygen atoms in total. The Morgan fingerprint density at radius 2 is 0.655 bits per heavy atom. The summed E-state index contributed by atoms with van der Waals surface area (Å²) in [6.07, 6.45) is 0. The average Bonchev–Trinajstić information content (AvgIpc) is 3.18. The van der Waals surface area contributed by atoms with Crippen LogP contribution >= 0.6 is 0 Å². The standard InChI is InChI=1S/C56H54N2/c1-35-15-11-13-17-51(35)57(53-33-43(55(5,6)7)23-19-37(53)3)45-25-21-39-29-47-49(31-41(39)27-45)48-30-40-22-26-46(28-42(40)32-50(47)48)58(52-18-14-12-16-36(52)2)54-34-44(56(8,9)10)24-20-38(54)4/h11-34H,1-10H3. The molecule has 0 radical (unpaired) electrons. The van der Waals surface area contributed by atoms with E-state index in [-0.39, 0.29) is 10.8 Å². The Bertz CT molecular complexity index is 2700. The van der Waals surface area contributed by atoms with E-state index in [2.05, 4.69) is 225 Å². The van der Waals surface area contributed by atoms with E-state index < -0.39 is 0 Å². The maximum atomic E-state index is 2.46. The number of hydrogen-bond donors (Lipinski definition) is 0. The van der Waals surface area contributed by atoms with Crippen molar-refractivity contribution in [3.05, 3.63) is 179 Å². The fourth-order valence-electron chi connectivity index (χ4n) is 8.76. The molecule has 0 heterocycles. The van der Waals surface area contributed by atoms with E-state index in [1.807, 2.05) is 0 Å². The van der Waals surface area contributed by atoms with Crippen LogP contribution in [0.25, 0.3) is 43.8 Å². The molecular formula is C56H54N2. The van der Waals surface area contributed by atoms with Gasteiger partial charge in [-0.05, 0) is 189 Å². The Hall–Kier alpha value is -6.12. The maximum absolute atomic E-state index is 2.46. The number of benzene rings is 8. The van der Waals surface area contributed by atoms with Crippen molar-refractivity contribution in [1.82, 2.24) is 0 Å². The second-order valence-electron chi connectivity index (χ2n) is 18.6. The fourth-order valence-corrected chi connectivity index (χ4v) is 8.76. The molecule has 0 aromatic heterocycles. The predicted molar refractivity (Wildman–Crippen MR) is 252 cm³/mol. The number of para-hydroxylation sites is 2. The molecule has 58 heavy (non-hydrogen) atoms. The van der Waals surface area contributed by atoms with Gasteiger partial charge in [-0.25, -0.2) is 0 Å². The number of nitrogens with zero attached hydrogens (tertiary/aromatic N) is 2. The van der Waals surface area contributed by atoms with E-state index in [1.165, 1.54) is 111 Å². The van der Waals surface area contributed by atoms with Crippen LogP contribution in [0.5, 0.6) is 0 Å². The minimum Gasteiger partial charge on any atom is -0.310 e. The highest BCUT2D eigenvalue weighted by Gasteiger charge is 2.27. The van der Waals surface area contributed by atoms with E-state index >= 15 is 0 Å². The smallest absolute Gasteiger partial charge is 0.0493 e. The van der Waals surface area contributed by atoms with Gasteiger partial charge in [0.1, 0.15) is 0 Å². The first-order valence-electron chi connectivity index (χ1n) is 20.8. The molecule has 0 saturated carbocycles. The van der Waals surface area contributed by atoms with Gasteiger partial charge in [0, 0.05) is 34.1 Å². The summed E-state index contributed by atoms with van der Waals surface area (Å²) in [4.78, 5) is 4.91. The van der Waals surface area contributed by atoms with E-state index in [0.29, 0.717) is 0 Å². The van der Waals surface area contributed by atoms with Crippen molar-refractivity contribution in [1.29, 1.82) is 0 Å². The second-order valence-corrected chi connectivity index (χ2v) is 18.6. The molecular weight excluding hydrogens is 701 g/mol.